The van der Waals surface area contributed by atoms with E-state index in [0.29, 0.717) is 17.5 Å². The fourth-order valence-corrected chi connectivity index (χ4v) is 10.9. The van der Waals surface area contributed by atoms with Crippen molar-refractivity contribution in [3.63, 3.8) is 0 Å². The summed E-state index contributed by atoms with van der Waals surface area (Å²) < 4.78 is 17.8. The third-order valence-corrected chi connectivity index (χ3v) is 13.8. The van der Waals surface area contributed by atoms with Crippen molar-refractivity contribution in [1.29, 1.82) is 0 Å². The Balaban J connectivity index is 0.929. The van der Waals surface area contributed by atoms with Gasteiger partial charge in [0.1, 0.15) is 22.3 Å². The molecule has 0 saturated carbocycles. The van der Waals surface area contributed by atoms with Gasteiger partial charge in [-0.2, -0.15) is 0 Å². The van der Waals surface area contributed by atoms with Crippen LogP contribution in [0.15, 0.2) is 203 Å². The summed E-state index contributed by atoms with van der Waals surface area (Å²) in [6.45, 7) is 0. The molecule has 0 saturated heterocycles. The van der Waals surface area contributed by atoms with Crippen molar-refractivity contribution in [2.24, 2.45) is 0 Å². The number of rotatable bonds is 5. The summed E-state index contributed by atoms with van der Waals surface area (Å²) in [5.74, 6) is 1.72. The zero-order valence-corrected chi connectivity index (χ0v) is 34.8. The van der Waals surface area contributed by atoms with Crippen LogP contribution >= 0.6 is 11.3 Å². The maximum Gasteiger partial charge on any atom is 0.164 e. The molecule has 0 bridgehead atoms. The second kappa shape index (κ2) is 13.6. The zero-order valence-electron chi connectivity index (χ0n) is 34.0. The summed E-state index contributed by atoms with van der Waals surface area (Å²) >= 11 is 1.84. The molecular formula is C57H32N4O2S. The van der Waals surface area contributed by atoms with Crippen molar-refractivity contribution in [2.45, 2.75) is 0 Å². The first-order valence-electron chi connectivity index (χ1n) is 21.3. The maximum absolute atomic E-state index is 6.58. The number of hydrogen-bond donors (Lipinski definition) is 0. The summed E-state index contributed by atoms with van der Waals surface area (Å²) in [5, 5.41) is 9.10. The molecule has 14 aromatic rings. The average molecular weight is 837 g/mol. The minimum Gasteiger partial charge on any atom is -0.456 e. The van der Waals surface area contributed by atoms with Gasteiger partial charge >= 0.3 is 0 Å². The highest BCUT2D eigenvalue weighted by Gasteiger charge is 2.21. The Labute approximate surface area is 368 Å². The first-order valence-corrected chi connectivity index (χ1v) is 22.1. The number of aromatic nitrogens is 4. The van der Waals surface area contributed by atoms with E-state index in [1.165, 1.54) is 47.5 Å². The smallest absolute Gasteiger partial charge is 0.164 e. The van der Waals surface area contributed by atoms with Crippen LogP contribution < -0.4 is 0 Å². The van der Waals surface area contributed by atoms with E-state index in [2.05, 4.69) is 132 Å². The highest BCUT2D eigenvalue weighted by Crippen LogP contribution is 2.44. The summed E-state index contributed by atoms with van der Waals surface area (Å²) in [6, 6.07) is 68.0. The molecule has 0 atom stereocenters. The first-order chi connectivity index (χ1) is 31.7. The Bertz CT molecular complexity index is 4160. The summed E-state index contributed by atoms with van der Waals surface area (Å²) in [5.41, 5.74) is 11.7. The van der Waals surface area contributed by atoms with Gasteiger partial charge in [0.25, 0.3) is 0 Å². The van der Waals surface area contributed by atoms with E-state index < -0.39 is 0 Å². The van der Waals surface area contributed by atoms with E-state index in [4.69, 9.17) is 23.8 Å². The molecule has 0 unspecified atom stereocenters. The van der Waals surface area contributed by atoms with Gasteiger partial charge in [0, 0.05) is 74.9 Å². The summed E-state index contributed by atoms with van der Waals surface area (Å²) in [6.07, 6.45) is 0. The van der Waals surface area contributed by atoms with Crippen LogP contribution in [0.1, 0.15) is 0 Å². The van der Waals surface area contributed by atoms with Crippen molar-refractivity contribution in [2.75, 3.05) is 0 Å². The summed E-state index contributed by atoms with van der Waals surface area (Å²) in [7, 11) is 0. The standard InChI is InChI=1S/C57H32N4O2S/c1-2-12-33(13-3-1)55-58-56(35-24-27-41-40-16-6-9-21-47(40)63-50(41)31-35)60-57(59-55)43-18-10-22-49-53(43)44-30-34(25-29-48(44)62-49)37-17-11-23-51-54(37)42-28-26-36(32-52(42)64-51)61-45-19-7-4-14-38(45)39-15-5-8-20-46(39)61/h1-32H. The van der Waals surface area contributed by atoms with Gasteiger partial charge in [0.2, 0.25) is 0 Å². The van der Waals surface area contributed by atoms with E-state index in [1.807, 2.05) is 78.1 Å². The zero-order chi connectivity index (χ0) is 41.9. The molecular weight excluding hydrogens is 805 g/mol. The molecule has 14 rings (SSSR count). The van der Waals surface area contributed by atoms with Crippen LogP contribution in [0.5, 0.6) is 0 Å². The normalized spacial score (nSPS) is 12.1. The van der Waals surface area contributed by atoms with Crippen LogP contribution in [0.25, 0.3) is 137 Å². The predicted octanol–water partition coefficient (Wildman–Crippen LogP) is 15.8. The third kappa shape index (κ3) is 5.28. The lowest BCUT2D eigenvalue weighted by atomic mass is 9.97. The van der Waals surface area contributed by atoms with Crippen LogP contribution in [-0.4, -0.2) is 19.5 Å². The van der Waals surface area contributed by atoms with E-state index in [0.717, 1.165) is 71.8 Å². The Morgan fingerprint density at radius 2 is 0.969 bits per heavy atom. The quantitative estimate of drug-likeness (QED) is 0.173. The largest absolute Gasteiger partial charge is 0.456 e. The molecule has 0 aliphatic carbocycles. The number of thiophene rings is 1. The second-order valence-corrected chi connectivity index (χ2v) is 17.4. The van der Waals surface area contributed by atoms with Crippen LogP contribution in [-0.2, 0) is 0 Å². The molecule has 7 heteroatoms. The Morgan fingerprint density at radius 1 is 0.344 bits per heavy atom. The van der Waals surface area contributed by atoms with E-state index >= 15 is 0 Å². The van der Waals surface area contributed by atoms with Crippen LogP contribution in [0.2, 0.25) is 0 Å². The van der Waals surface area contributed by atoms with Crippen molar-refractivity contribution in [1.82, 2.24) is 19.5 Å². The van der Waals surface area contributed by atoms with Crippen molar-refractivity contribution in [3.8, 4) is 51.0 Å². The average Bonchev–Trinajstić information content (AvgIpc) is 4.12. The first kappa shape index (κ1) is 35.2. The van der Waals surface area contributed by atoms with Gasteiger partial charge in [-0.15, -0.1) is 11.3 Å². The van der Waals surface area contributed by atoms with Crippen molar-refractivity contribution in [3.05, 3.63) is 194 Å². The molecule has 0 aliphatic heterocycles. The maximum atomic E-state index is 6.58. The molecule has 0 amide bonds. The van der Waals surface area contributed by atoms with E-state index in [-0.39, 0.29) is 0 Å². The van der Waals surface area contributed by atoms with Gasteiger partial charge in [-0.25, -0.2) is 15.0 Å². The monoisotopic (exact) mass is 836 g/mol. The molecule has 0 N–H and O–H groups in total. The second-order valence-electron chi connectivity index (χ2n) is 16.3. The van der Waals surface area contributed by atoms with Gasteiger partial charge in [0.15, 0.2) is 17.5 Å². The Morgan fingerprint density at radius 3 is 1.81 bits per heavy atom. The third-order valence-electron chi connectivity index (χ3n) is 12.7. The minimum atomic E-state index is 0.564. The van der Waals surface area contributed by atoms with Gasteiger partial charge in [-0.05, 0) is 77.9 Å². The van der Waals surface area contributed by atoms with Gasteiger partial charge in [0.05, 0.1) is 11.0 Å². The Kier molecular flexibility index (Phi) is 7.46. The fraction of sp³-hybridized carbons (Fsp3) is 0. The lowest BCUT2D eigenvalue weighted by molar-refractivity contribution is 0.668. The SMILES string of the molecule is c1ccc(-c2nc(-c3ccc4c(c3)oc3ccccc34)nc(-c3cccc4oc5ccc(-c6cccc7sc8cc(-n9c%10ccccc%10c%10ccccc%109)ccc8c67)cc5c34)n2)cc1. The molecule has 64 heavy (non-hydrogen) atoms. The molecule has 5 heterocycles. The molecule has 298 valence electrons. The van der Waals surface area contributed by atoms with Gasteiger partial charge in [-0.3, -0.25) is 0 Å². The number of hydrogen-bond acceptors (Lipinski definition) is 6. The number of furan rings is 2. The Hall–Kier alpha value is -8.39. The predicted molar refractivity (Wildman–Crippen MR) is 263 cm³/mol. The number of nitrogens with zero attached hydrogens (tertiary/aromatic N) is 4. The number of para-hydroxylation sites is 3. The molecule has 0 spiro atoms. The van der Waals surface area contributed by atoms with E-state index in [9.17, 15) is 0 Å². The minimum absolute atomic E-state index is 0.564. The molecule has 0 fully saturated rings. The summed E-state index contributed by atoms with van der Waals surface area (Å²) in [4.78, 5) is 15.4. The van der Waals surface area contributed by atoms with Crippen LogP contribution in [0.4, 0.5) is 0 Å². The highest BCUT2D eigenvalue weighted by molar-refractivity contribution is 7.26. The molecule has 9 aromatic carbocycles. The topological polar surface area (TPSA) is 69.9 Å². The van der Waals surface area contributed by atoms with Crippen LogP contribution in [0, 0.1) is 0 Å². The molecule has 0 aliphatic rings. The molecule has 5 aromatic heterocycles. The fourth-order valence-electron chi connectivity index (χ4n) is 9.78. The van der Waals surface area contributed by atoms with Gasteiger partial charge in [-0.1, -0.05) is 127 Å². The van der Waals surface area contributed by atoms with Crippen molar-refractivity contribution >= 4 is 97.2 Å². The lowest BCUT2D eigenvalue weighted by Gasteiger charge is -2.10. The van der Waals surface area contributed by atoms with E-state index in [1.54, 1.807) is 0 Å². The molecule has 0 radical (unpaired) electrons. The number of fused-ring (bicyclic) bond motifs is 12. The lowest BCUT2D eigenvalue weighted by Crippen LogP contribution is -2.00. The van der Waals surface area contributed by atoms with Crippen molar-refractivity contribution < 1.29 is 8.83 Å². The molecule has 6 nitrogen and oxygen atoms in total. The van der Waals surface area contributed by atoms with Gasteiger partial charge < -0.3 is 13.4 Å². The number of benzene rings is 9. The highest BCUT2D eigenvalue weighted by atomic mass is 32.1. The van der Waals surface area contributed by atoms with Crippen LogP contribution in [0.3, 0.4) is 0 Å².